The van der Waals surface area contributed by atoms with E-state index in [9.17, 15) is 18.0 Å². The maximum absolute atomic E-state index is 12.5. The van der Waals surface area contributed by atoms with Crippen LogP contribution in [0.2, 0.25) is 5.02 Å². The van der Waals surface area contributed by atoms with Crippen LogP contribution in [0.5, 0.6) is 0 Å². The Labute approximate surface area is 141 Å². The summed E-state index contributed by atoms with van der Waals surface area (Å²) in [6.45, 7) is 0.170. The van der Waals surface area contributed by atoms with E-state index in [1.54, 1.807) is 12.1 Å². The van der Waals surface area contributed by atoms with Crippen LogP contribution in [0.25, 0.3) is 0 Å². The summed E-state index contributed by atoms with van der Waals surface area (Å²) in [6, 6.07) is 7.62. The van der Waals surface area contributed by atoms with Gasteiger partial charge in [-0.25, -0.2) is 0 Å². The average Bonchev–Trinajstić information content (AvgIpc) is 2.98. The van der Waals surface area contributed by atoms with Crippen LogP contribution in [0.15, 0.2) is 30.3 Å². The fraction of sp³-hybridized carbons (Fsp3) is 0.333. The zero-order valence-electron chi connectivity index (χ0n) is 13.0. The Morgan fingerprint density at radius 3 is 2.58 bits per heavy atom. The van der Waals surface area contributed by atoms with Crippen LogP contribution in [0.1, 0.15) is 27.8 Å². The lowest BCUT2D eigenvalue weighted by molar-refractivity contribution is -0.141. The molecule has 130 valence electrons. The summed E-state index contributed by atoms with van der Waals surface area (Å²) >= 11 is 6.17. The third kappa shape index (κ3) is 4.27. The molecule has 0 aliphatic rings. The molecule has 0 fully saturated rings. The fourth-order valence-electron chi connectivity index (χ4n) is 2.18. The van der Waals surface area contributed by atoms with E-state index >= 15 is 0 Å². The van der Waals surface area contributed by atoms with E-state index in [0.717, 1.165) is 5.56 Å². The molecule has 0 saturated carbocycles. The summed E-state index contributed by atoms with van der Waals surface area (Å²) in [4.78, 5) is 13.9. The molecule has 2 rings (SSSR count). The van der Waals surface area contributed by atoms with Crippen molar-refractivity contribution in [2.45, 2.75) is 12.2 Å². The number of rotatable bonds is 5. The smallest absolute Gasteiger partial charge is 0.349 e. The molecule has 9 heteroatoms. The highest BCUT2D eigenvalue weighted by molar-refractivity contribution is 6.31. The molecule has 0 bridgehead atoms. The van der Waals surface area contributed by atoms with Gasteiger partial charge in [-0.2, -0.15) is 18.3 Å². The largest absolute Gasteiger partial charge is 0.432 e. The van der Waals surface area contributed by atoms with Gasteiger partial charge in [0.15, 0.2) is 5.69 Å². The van der Waals surface area contributed by atoms with E-state index in [1.165, 1.54) is 0 Å². The highest BCUT2D eigenvalue weighted by Crippen LogP contribution is 2.28. The third-order valence-electron chi connectivity index (χ3n) is 3.46. The average molecular weight is 361 g/mol. The first-order valence-electron chi connectivity index (χ1n) is 7.02. The van der Waals surface area contributed by atoms with Crippen molar-refractivity contribution >= 4 is 17.5 Å². The lowest BCUT2D eigenvalue weighted by Gasteiger charge is -2.25. The van der Waals surface area contributed by atoms with Crippen LogP contribution in [0.4, 0.5) is 13.2 Å². The number of hydrogen-bond acceptors (Lipinski definition) is 3. The van der Waals surface area contributed by atoms with Crippen LogP contribution in [0, 0.1) is 0 Å². The number of aromatic amines is 1. The molecule has 1 unspecified atom stereocenters. The Morgan fingerprint density at radius 2 is 2.04 bits per heavy atom. The normalized spacial score (nSPS) is 13.1. The first kappa shape index (κ1) is 18.3. The molecule has 1 amide bonds. The zero-order valence-corrected chi connectivity index (χ0v) is 13.7. The minimum Gasteiger partial charge on any atom is -0.349 e. The highest BCUT2D eigenvalue weighted by atomic mass is 35.5. The SMILES string of the molecule is CN(C)C(CNC(=O)c1cc(C(F)(F)F)[nH]n1)c1ccccc1Cl. The van der Waals surface area contributed by atoms with E-state index in [0.29, 0.717) is 11.1 Å². The molecule has 1 aromatic heterocycles. The van der Waals surface area contributed by atoms with Gasteiger partial charge in [0.25, 0.3) is 5.91 Å². The van der Waals surface area contributed by atoms with Gasteiger partial charge in [0.2, 0.25) is 0 Å². The van der Waals surface area contributed by atoms with Gasteiger partial charge in [-0.05, 0) is 25.7 Å². The second-order valence-electron chi connectivity index (χ2n) is 5.38. The number of hydrogen-bond donors (Lipinski definition) is 2. The van der Waals surface area contributed by atoms with Crippen LogP contribution in [-0.4, -0.2) is 41.6 Å². The van der Waals surface area contributed by atoms with Gasteiger partial charge in [0.05, 0.1) is 6.04 Å². The molecule has 1 atom stereocenters. The molecular weight excluding hydrogens is 345 g/mol. The molecule has 24 heavy (non-hydrogen) atoms. The lowest BCUT2D eigenvalue weighted by atomic mass is 10.1. The summed E-state index contributed by atoms with van der Waals surface area (Å²) in [5.74, 6) is -0.694. The first-order chi connectivity index (χ1) is 11.2. The Kier molecular flexibility index (Phi) is 5.51. The molecule has 1 aromatic carbocycles. The van der Waals surface area contributed by atoms with Crippen molar-refractivity contribution in [3.63, 3.8) is 0 Å². The zero-order chi connectivity index (χ0) is 17.9. The van der Waals surface area contributed by atoms with Crippen molar-refractivity contribution < 1.29 is 18.0 Å². The summed E-state index contributed by atoms with van der Waals surface area (Å²) in [7, 11) is 3.63. The van der Waals surface area contributed by atoms with Crippen LogP contribution < -0.4 is 5.32 Å². The number of alkyl halides is 3. The van der Waals surface area contributed by atoms with E-state index in [2.05, 4.69) is 10.4 Å². The Hall–Kier alpha value is -2.06. The van der Waals surface area contributed by atoms with Crippen LogP contribution in [0.3, 0.4) is 0 Å². The predicted molar refractivity (Wildman–Crippen MR) is 83.8 cm³/mol. The highest BCUT2D eigenvalue weighted by Gasteiger charge is 2.33. The summed E-state index contributed by atoms with van der Waals surface area (Å²) in [6.07, 6.45) is -4.57. The van der Waals surface area contributed by atoms with Crippen molar-refractivity contribution in [2.75, 3.05) is 20.6 Å². The quantitative estimate of drug-likeness (QED) is 0.861. The molecule has 1 heterocycles. The van der Waals surface area contributed by atoms with E-state index in [-0.39, 0.29) is 18.3 Å². The Balaban J connectivity index is 2.08. The van der Waals surface area contributed by atoms with Gasteiger partial charge < -0.3 is 10.2 Å². The third-order valence-corrected chi connectivity index (χ3v) is 3.80. The molecule has 0 radical (unpaired) electrons. The van der Waals surface area contributed by atoms with Crippen molar-refractivity contribution in [2.24, 2.45) is 0 Å². The number of benzene rings is 1. The Morgan fingerprint density at radius 1 is 1.38 bits per heavy atom. The lowest BCUT2D eigenvalue weighted by Crippen LogP contribution is -2.34. The van der Waals surface area contributed by atoms with Gasteiger partial charge in [-0.15, -0.1) is 0 Å². The molecular formula is C15H16ClF3N4O. The number of nitrogens with zero attached hydrogens (tertiary/aromatic N) is 2. The van der Waals surface area contributed by atoms with Gasteiger partial charge >= 0.3 is 6.18 Å². The van der Waals surface area contributed by atoms with E-state index in [4.69, 9.17) is 11.6 Å². The number of halogens is 4. The number of amides is 1. The number of carbonyl (C=O) groups is 1. The van der Waals surface area contributed by atoms with Gasteiger partial charge in [-0.1, -0.05) is 29.8 Å². The Bertz CT molecular complexity index is 715. The number of nitrogens with one attached hydrogen (secondary N) is 2. The van der Waals surface area contributed by atoms with E-state index < -0.39 is 17.8 Å². The summed E-state index contributed by atoms with van der Waals surface area (Å²) in [5, 5.41) is 8.34. The summed E-state index contributed by atoms with van der Waals surface area (Å²) < 4.78 is 37.6. The van der Waals surface area contributed by atoms with Gasteiger partial charge in [0.1, 0.15) is 5.69 Å². The second-order valence-corrected chi connectivity index (χ2v) is 5.78. The van der Waals surface area contributed by atoms with Gasteiger partial charge in [-0.3, -0.25) is 9.89 Å². The number of H-pyrrole nitrogens is 1. The minimum atomic E-state index is -4.57. The molecule has 0 spiro atoms. The molecule has 2 N–H and O–H groups in total. The standard InChI is InChI=1S/C15H16ClF3N4O/c1-23(2)12(9-5-3-4-6-10(9)16)8-20-14(24)11-7-13(22-21-11)15(17,18)19/h3-7,12H,8H2,1-2H3,(H,20,24)(H,21,22). The topological polar surface area (TPSA) is 61.0 Å². The maximum atomic E-state index is 12.5. The molecule has 2 aromatic rings. The van der Waals surface area contributed by atoms with Crippen LogP contribution >= 0.6 is 11.6 Å². The minimum absolute atomic E-state index is 0.170. The second kappa shape index (κ2) is 7.23. The first-order valence-corrected chi connectivity index (χ1v) is 7.39. The van der Waals surface area contributed by atoms with Crippen molar-refractivity contribution in [3.05, 3.63) is 52.3 Å². The van der Waals surface area contributed by atoms with Crippen molar-refractivity contribution in [1.82, 2.24) is 20.4 Å². The predicted octanol–water partition coefficient (Wildman–Crippen LogP) is 3.11. The summed E-state index contributed by atoms with van der Waals surface area (Å²) in [5.41, 5.74) is -0.579. The molecule has 0 aliphatic heterocycles. The molecule has 0 saturated heterocycles. The monoisotopic (exact) mass is 360 g/mol. The number of carbonyl (C=O) groups excluding carboxylic acids is 1. The van der Waals surface area contributed by atoms with Crippen LogP contribution in [-0.2, 0) is 6.18 Å². The number of likely N-dealkylation sites (N-methyl/N-ethyl adjacent to an activating group) is 1. The van der Waals surface area contributed by atoms with Crippen molar-refractivity contribution in [3.8, 4) is 0 Å². The molecule has 5 nitrogen and oxygen atoms in total. The van der Waals surface area contributed by atoms with E-state index in [1.807, 2.05) is 36.2 Å². The number of aromatic nitrogens is 2. The fourth-order valence-corrected chi connectivity index (χ4v) is 2.44. The van der Waals surface area contributed by atoms with Crippen molar-refractivity contribution in [1.29, 1.82) is 0 Å². The molecule has 0 aliphatic carbocycles. The van der Waals surface area contributed by atoms with Gasteiger partial charge in [0, 0.05) is 17.6 Å². The maximum Gasteiger partial charge on any atom is 0.432 e.